The van der Waals surface area contributed by atoms with E-state index in [4.69, 9.17) is 4.74 Å². The average molecular weight is 150 g/mol. The van der Waals surface area contributed by atoms with Crippen LogP contribution in [0.4, 0.5) is 0 Å². The van der Waals surface area contributed by atoms with Crippen molar-refractivity contribution < 1.29 is 4.74 Å². The molecule has 0 spiro atoms. The smallest absolute Gasteiger partial charge is 0.0683 e. The molecule has 2 atom stereocenters. The van der Waals surface area contributed by atoms with Crippen LogP contribution in [-0.2, 0) is 4.74 Å². The molecule has 1 fully saturated rings. The normalized spacial score (nSPS) is 36.3. The van der Waals surface area contributed by atoms with Crippen LogP contribution < -0.4 is 0 Å². The predicted octanol–water partition coefficient (Wildman–Crippen LogP) is 2.16. The van der Waals surface area contributed by atoms with Gasteiger partial charge in [0.15, 0.2) is 0 Å². The fraction of sp³-hybridized carbons (Fsp3) is 0.600. The summed E-state index contributed by atoms with van der Waals surface area (Å²) >= 11 is 0. The van der Waals surface area contributed by atoms with E-state index in [1.54, 1.807) is 0 Å². The van der Waals surface area contributed by atoms with Gasteiger partial charge in [0.1, 0.15) is 0 Å². The summed E-state index contributed by atoms with van der Waals surface area (Å²) in [5, 5.41) is 0. The maximum absolute atomic E-state index is 5.36. The fourth-order valence-electron chi connectivity index (χ4n) is 1.65. The van der Waals surface area contributed by atoms with Gasteiger partial charge in [-0.25, -0.2) is 0 Å². The third kappa shape index (κ3) is 1.38. The molecule has 1 aliphatic heterocycles. The van der Waals surface area contributed by atoms with Gasteiger partial charge >= 0.3 is 0 Å². The third-order valence-corrected chi connectivity index (χ3v) is 2.47. The van der Waals surface area contributed by atoms with Gasteiger partial charge in [-0.2, -0.15) is 0 Å². The Hall–Kier alpha value is -0.560. The molecule has 1 heteroatoms. The van der Waals surface area contributed by atoms with Crippen molar-refractivity contribution in [3.8, 4) is 0 Å². The van der Waals surface area contributed by atoms with Crippen LogP contribution in [0.15, 0.2) is 23.8 Å². The summed E-state index contributed by atoms with van der Waals surface area (Å²) in [6.07, 6.45) is 8.15. The zero-order valence-corrected chi connectivity index (χ0v) is 6.92. The van der Waals surface area contributed by atoms with Crippen LogP contribution in [0.1, 0.15) is 13.3 Å². The van der Waals surface area contributed by atoms with Crippen molar-refractivity contribution in [2.24, 2.45) is 11.8 Å². The van der Waals surface area contributed by atoms with Gasteiger partial charge in [0.25, 0.3) is 0 Å². The summed E-state index contributed by atoms with van der Waals surface area (Å²) in [7, 11) is 0. The van der Waals surface area contributed by atoms with E-state index < -0.39 is 0 Å². The van der Waals surface area contributed by atoms with Gasteiger partial charge in [-0.05, 0) is 17.9 Å². The zero-order valence-electron chi connectivity index (χ0n) is 6.92. The Kier molecular flexibility index (Phi) is 1.82. The Bertz CT molecular complexity index is 203. The zero-order chi connectivity index (χ0) is 7.68. The summed E-state index contributed by atoms with van der Waals surface area (Å²) in [6, 6.07) is 0. The first-order valence-electron chi connectivity index (χ1n) is 4.31. The van der Waals surface area contributed by atoms with Crippen molar-refractivity contribution in [3.05, 3.63) is 23.8 Å². The van der Waals surface area contributed by atoms with Crippen LogP contribution in [0, 0.1) is 11.8 Å². The Morgan fingerprint density at radius 3 is 3.27 bits per heavy atom. The molecule has 0 aromatic heterocycles. The van der Waals surface area contributed by atoms with E-state index in [-0.39, 0.29) is 0 Å². The monoisotopic (exact) mass is 150 g/mol. The Morgan fingerprint density at radius 2 is 2.36 bits per heavy atom. The maximum Gasteiger partial charge on any atom is 0.0683 e. The van der Waals surface area contributed by atoms with E-state index in [2.05, 4.69) is 25.2 Å². The topological polar surface area (TPSA) is 9.23 Å². The molecule has 0 amide bonds. The standard InChI is InChI=1S/C10H14O/c1-8-2-4-9-6-11-7-10(9)5-3-8/h2,4-5,8-9H,3,6-7H2,1H3/t8-,9-/m1/s1. The number of ether oxygens (including phenoxy) is 1. The maximum atomic E-state index is 5.36. The van der Waals surface area contributed by atoms with Gasteiger partial charge in [0.2, 0.25) is 0 Å². The van der Waals surface area contributed by atoms with Crippen molar-refractivity contribution in [2.45, 2.75) is 13.3 Å². The van der Waals surface area contributed by atoms with Crippen molar-refractivity contribution in [3.63, 3.8) is 0 Å². The van der Waals surface area contributed by atoms with E-state index in [0.717, 1.165) is 13.2 Å². The van der Waals surface area contributed by atoms with Crippen LogP contribution in [0.2, 0.25) is 0 Å². The number of fused-ring (bicyclic) bond motifs is 1. The van der Waals surface area contributed by atoms with Gasteiger partial charge in [-0.3, -0.25) is 0 Å². The molecule has 1 aliphatic carbocycles. The lowest BCUT2D eigenvalue weighted by molar-refractivity contribution is 0.195. The number of rotatable bonds is 0. The summed E-state index contributed by atoms with van der Waals surface area (Å²) < 4.78 is 5.36. The molecule has 2 aliphatic rings. The first-order chi connectivity index (χ1) is 5.36. The second-order valence-corrected chi connectivity index (χ2v) is 3.50. The molecule has 0 N–H and O–H groups in total. The summed E-state index contributed by atoms with van der Waals surface area (Å²) in [5.74, 6) is 1.31. The van der Waals surface area contributed by atoms with Crippen LogP contribution >= 0.6 is 0 Å². The third-order valence-electron chi connectivity index (χ3n) is 2.47. The van der Waals surface area contributed by atoms with Gasteiger partial charge in [0.05, 0.1) is 13.2 Å². The Labute approximate surface area is 67.7 Å². The van der Waals surface area contributed by atoms with Crippen LogP contribution in [0.25, 0.3) is 0 Å². The molecule has 0 aromatic rings. The lowest BCUT2D eigenvalue weighted by Gasteiger charge is -1.99. The second-order valence-electron chi connectivity index (χ2n) is 3.50. The largest absolute Gasteiger partial charge is 0.376 e. The minimum absolute atomic E-state index is 0.597. The molecule has 1 heterocycles. The van der Waals surface area contributed by atoms with Crippen molar-refractivity contribution in [1.82, 2.24) is 0 Å². The highest BCUT2D eigenvalue weighted by molar-refractivity contribution is 5.20. The van der Waals surface area contributed by atoms with E-state index in [1.165, 1.54) is 12.0 Å². The first-order valence-corrected chi connectivity index (χ1v) is 4.31. The minimum Gasteiger partial charge on any atom is -0.376 e. The van der Waals surface area contributed by atoms with E-state index in [0.29, 0.717) is 11.8 Å². The Balaban J connectivity index is 2.19. The van der Waals surface area contributed by atoms with Gasteiger partial charge in [-0.15, -0.1) is 0 Å². The highest BCUT2D eigenvalue weighted by atomic mass is 16.5. The van der Waals surface area contributed by atoms with Gasteiger partial charge in [-0.1, -0.05) is 25.2 Å². The first kappa shape index (κ1) is 7.11. The highest BCUT2D eigenvalue weighted by Gasteiger charge is 2.20. The summed E-state index contributed by atoms with van der Waals surface area (Å²) in [4.78, 5) is 0. The SMILES string of the molecule is C[C@@H]1C=C[C@@H]2COCC2=CC1. The molecule has 0 radical (unpaired) electrons. The van der Waals surface area contributed by atoms with Gasteiger partial charge < -0.3 is 4.74 Å². The molecule has 0 bridgehead atoms. The van der Waals surface area contributed by atoms with Crippen molar-refractivity contribution in [1.29, 1.82) is 0 Å². The van der Waals surface area contributed by atoms with Crippen LogP contribution in [-0.4, -0.2) is 13.2 Å². The van der Waals surface area contributed by atoms with E-state index in [9.17, 15) is 0 Å². The molecular weight excluding hydrogens is 136 g/mol. The molecule has 60 valence electrons. The molecule has 0 aromatic carbocycles. The number of allylic oxidation sites excluding steroid dienone is 2. The van der Waals surface area contributed by atoms with Crippen molar-refractivity contribution >= 4 is 0 Å². The molecule has 1 nitrogen and oxygen atoms in total. The number of hydrogen-bond donors (Lipinski definition) is 0. The summed E-state index contributed by atoms with van der Waals surface area (Å²) in [5.41, 5.74) is 1.49. The fourth-order valence-corrected chi connectivity index (χ4v) is 1.65. The second kappa shape index (κ2) is 2.82. The van der Waals surface area contributed by atoms with E-state index >= 15 is 0 Å². The molecular formula is C10H14O. The molecule has 2 rings (SSSR count). The quantitative estimate of drug-likeness (QED) is 0.481. The molecule has 11 heavy (non-hydrogen) atoms. The van der Waals surface area contributed by atoms with E-state index in [1.807, 2.05) is 0 Å². The minimum atomic E-state index is 0.597. The predicted molar refractivity (Wildman–Crippen MR) is 45.3 cm³/mol. The Morgan fingerprint density at radius 1 is 1.45 bits per heavy atom. The lowest BCUT2D eigenvalue weighted by atomic mass is 10.0. The number of hydrogen-bond acceptors (Lipinski definition) is 1. The highest BCUT2D eigenvalue weighted by Crippen LogP contribution is 2.26. The molecule has 0 saturated carbocycles. The summed E-state index contributed by atoms with van der Waals surface area (Å²) in [6.45, 7) is 4.02. The van der Waals surface area contributed by atoms with Crippen molar-refractivity contribution in [2.75, 3.05) is 13.2 Å². The average Bonchev–Trinajstić information content (AvgIpc) is 2.38. The molecule has 0 unspecified atom stereocenters. The lowest BCUT2D eigenvalue weighted by Crippen LogP contribution is -1.95. The molecule has 1 saturated heterocycles. The van der Waals surface area contributed by atoms with Crippen LogP contribution in [0.5, 0.6) is 0 Å². The van der Waals surface area contributed by atoms with Gasteiger partial charge in [0, 0.05) is 5.92 Å². The van der Waals surface area contributed by atoms with Crippen LogP contribution in [0.3, 0.4) is 0 Å².